The number of anilines is 1. The summed E-state index contributed by atoms with van der Waals surface area (Å²) in [4.78, 5) is 12.3. The molecule has 0 aromatic heterocycles. The monoisotopic (exact) mass is 298 g/mol. The Kier molecular flexibility index (Phi) is 3.87. The van der Waals surface area contributed by atoms with Crippen molar-refractivity contribution in [1.29, 1.82) is 0 Å². The fourth-order valence-corrected chi connectivity index (χ4v) is 2.61. The van der Waals surface area contributed by atoms with Crippen molar-refractivity contribution in [3.8, 4) is 11.5 Å². The van der Waals surface area contributed by atoms with Gasteiger partial charge in [0.05, 0.1) is 19.3 Å². The first-order valence-electron chi connectivity index (χ1n) is 7.20. The van der Waals surface area contributed by atoms with Crippen LogP contribution in [0.4, 0.5) is 5.69 Å². The number of methoxy groups -OCH3 is 1. The molecule has 2 N–H and O–H groups in total. The topological polar surface area (TPSA) is 59.6 Å². The Labute approximate surface area is 129 Å². The summed E-state index contributed by atoms with van der Waals surface area (Å²) in [7, 11) is 1.60. The number of amides is 1. The molecule has 1 atom stereocenters. The van der Waals surface area contributed by atoms with Crippen molar-refractivity contribution in [2.75, 3.05) is 19.0 Å². The number of carbonyl (C=O) groups excluding carboxylic acids is 1. The number of benzene rings is 2. The average molecular weight is 298 g/mol. The second kappa shape index (κ2) is 5.97. The lowest BCUT2D eigenvalue weighted by atomic mass is 10.0. The van der Waals surface area contributed by atoms with E-state index in [1.165, 1.54) is 0 Å². The van der Waals surface area contributed by atoms with Gasteiger partial charge in [0.2, 0.25) is 0 Å². The number of nitrogens with one attached hydrogen (secondary N) is 2. The second-order valence-corrected chi connectivity index (χ2v) is 4.91. The summed E-state index contributed by atoms with van der Waals surface area (Å²) in [6.07, 6.45) is -0.363. The normalized spacial score (nSPS) is 16.3. The molecule has 1 aliphatic heterocycles. The number of hydrogen-bond donors (Lipinski definition) is 2. The summed E-state index contributed by atoms with van der Waals surface area (Å²) < 4.78 is 11.1. The maximum Gasteiger partial charge on any atom is 0.255 e. The van der Waals surface area contributed by atoms with Crippen LogP contribution in [0.15, 0.2) is 42.5 Å². The van der Waals surface area contributed by atoms with E-state index in [1.54, 1.807) is 13.2 Å². The van der Waals surface area contributed by atoms with Crippen molar-refractivity contribution in [3.05, 3.63) is 53.6 Å². The van der Waals surface area contributed by atoms with Crippen molar-refractivity contribution in [1.82, 2.24) is 5.32 Å². The molecule has 1 heterocycles. The van der Waals surface area contributed by atoms with Crippen molar-refractivity contribution in [3.63, 3.8) is 0 Å². The van der Waals surface area contributed by atoms with Gasteiger partial charge in [-0.25, -0.2) is 0 Å². The van der Waals surface area contributed by atoms with Crippen LogP contribution >= 0.6 is 0 Å². The zero-order valence-electron chi connectivity index (χ0n) is 12.6. The minimum atomic E-state index is -0.363. The molecular formula is C17H18N2O3. The van der Waals surface area contributed by atoms with E-state index >= 15 is 0 Å². The van der Waals surface area contributed by atoms with Crippen LogP contribution in [0.1, 0.15) is 29.0 Å². The minimum absolute atomic E-state index is 0.108. The fourth-order valence-electron chi connectivity index (χ4n) is 2.61. The Morgan fingerprint density at radius 1 is 1.09 bits per heavy atom. The Morgan fingerprint density at radius 3 is 2.68 bits per heavy atom. The Morgan fingerprint density at radius 2 is 1.91 bits per heavy atom. The molecule has 1 aliphatic rings. The zero-order valence-corrected chi connectivity index (χ0v) is 12.6. The quantitative estimate of drug-likeness (QED) is 0.911. The van der Waals surface area contributed by atoms with Gasteiger partial charge in [0.25, 0.3) is 5.91 Å². The highest BCUT2D eigenvalue weighted by atomic mass is 16.5. The number of ether oxygens (including phenoxy) is 2. The third-order valence-electron chi connectivity index (χ3n) is 3.57. The van der Waals surface area contributed by atoms with Gasteiger partial charge in [0, 0.05) is 11.3 Å². The van der Waals surface area contributed by atoms with Gasteiger partial charge in [-0.05, 0) is 25.1 Å². The van der Waals surface area contributed by atoms with Gasteiger partial charge in [-0.3, -0.25) is 4.79 Å². The Balaban J connectivity index is 1.99. The van der Waals surface area contributed by atoms with Crippen LogP contribution in [-0.4, -0.2) is 19.6 Å². The van der Waals surface area contributed by atoms with Crippen LogP contribution in [0, 0.1) is 0 Å². The summed E-state index contributed by atoms with van der Waals surface area (Å²) >= 11 is 0. The molecule has 0 spiro atoms. The summed E-state index contributed by atoms with van der Waals surface area (Å²) in [5.41, 5.74) is 2.27. The van der Waals surface area contributed by atoms with Crippen molar-refractivity contribution in [2.24, 2.45) is 0 Å². The molecule has 0 saturated heterocycles. The highest BCUT2D eigenvalue weighted by Crippen LogP contribution is 2.37. The van der Waals surface area contributed by atoms with Crippen LogP contribution in [0.3, 0.4) is 0 Å². The number of para-hydroxylation sites is 2. The van der Waals surface area contributed by atoms with E-state index in [2.05, 4.69) is 10.6 Å². The molecular weight excluding hydrogens is 280 g/mol. The van der Waals surface area contributed by atoms with Crippen LogP contribution in [0.5, 0.6) is 11.5 Å². The number of fused-ring (bicyclic) bond motifs is 1. The van der Waals surface area contributed by atoms with E-state index in [0.717, 1.165) is 11.3 Å². The van der Waals surface area contributed by atoms with Crippen LogP contribution in [0.2, 0.25) is 0 Å². The van der Waals surface area contributed by atoms with E-state index in [1.807, 2.05) is 43.3 Å². The number of hydrogen-bond acceptors (Lipinski definition) is 4. The average Bonchev–Trinajstić information content (AvgIpc) is 2.55. The highest BCUT2D eigenvalue weighted by Gasteiger charge is 2.27. The lowest BCUT2D eigenvalue weighted by Crippen LogP contribution is -2.38. The molecule has 0 fully saturated rings. The second-order valence-electron chi connectivity index (χ2n) is 4.91. The van der Waals surface area contributed by atoms with Gasteiger partial charge in [-0.1, -0.05) is 24.3 Å². The van der Waals surface area contributed by atoms with E-state index in [4.69, 9.17) is 9.47 Å². The summed E-state index contributed by atoms with van der Waals surface area (Å²) in [5, 5.41) is 6.27. The third-order valence-corrected chi connectivity index (χ3v) is 3.57. The van der Waals surface area contributed by atoms with Gasteiger partial charge in [-0.2, -0.15) is 0 Å². The lowest BCUT2D eigenvalue weighted by molar-refractivity contribution is 0.0935. The summed E-state index contributed by atoms with van der Waals surface area (Å²) in [5.74, 6) is 1.18. The fraction of sp³-hybridized carbons (Fsp3) is 0.235. The molecule has 0 radical (unpaired) electrons. The zero-order chi connectivity index (χ0) is 15.5. The molecule has 1 unspecified atom stereocenters. The summed E-state index contributed by atoms with van der Waals surface area (Å²) in [6, 6.07) is 13.1. The van der Waals surface area contributed by atoms with Crippen molar-refractivity contribution in [2.45, 2.75) is 13.1 Å². The predicted molar refractivity (Wildman–Crippen MR) is 84.4 cm³/mol. The smallest absolute Gasteiger partial charge is 0.255 e. The highest BCUT2D eigenvalue weighted by molar-refractivity contribution is 6.01. The van der Waals surface area contributed by atoms with Crippen LogP contribution in [0.25, 0.3) is 0 Å². The van der Waals surface area contributed by atoms with Gasteiger partial charge in [-0.15, -0.1) is 0 Å². The molecule has 0 bridgehead atoms. The van der Waals surface area contributed by atoms with Crippen molar-refractivity contribution >= 4 is 11.6 Å². The Hall–Kier alpha value is -2.69. The number of rotatable bonds is 4. The minimum Gasteiger partial charge on any atom is -0.492 e. The van der Waals surface area contributed by atoms with Gasteiger partial charge in [0.1, 0.15) is 6.17 Å². The first kappa shape index (κ1) is 14.3. The van der Waals surface area contributed by atoms with E-state index < -0.39 is 0 Å². The van der Waals surface area contributed by atoms with Crippen LogP contribution in [-0.2, 0) is 0 Å². The molecule has 5 heteroatoms. The molecule has 2 aromatic rings. The molecule has 3 rings (SSSR count). The molecule has 0 aliphatic carbocycles. The van der Waals surface area contributed by atoms with Gasteiger partial charge in [0.15, 0.2) is 11.5 Å². The maximum atomic E-state index is 12.3. The molecule has 0 saturated carbocycles. The molecule has 2 aromatic carbocycles. The van der Waals surface area contributed by atoms with E-state index in [9.17, 15) is 4.79 Å². The maximum absolute atomic E-state index is 12.3. The van der Waals surface area contributed by atoms with E-state index in [0.29, 0.717) is 23.7 Å². The largest absolute Gasteiger partial charge is 0.492 e. The van der Waals surface area contributed by atoms with E-state index in [-0.39, 0.29) is 12.1 Å². The molecule has 22 heavy (non-hydrogen) atoms. The first-order valence-corrected chi connectivity index (χ1v) is 7.20. The third kappa shape index (κ3) is 2.45. The lowest BCUT2D eigenvalue weighted by Gasteiger charge is -2.29. The molecule has 5 nitrogen and oxygen atoms in total. The summed E-state index contributed by atoms with van der Waals surface area (Å²) in [6.45, 7) is 2.47. The van der Waals surface area contributed by atoms with Crippen molar-refractivity contribution < 1.29 is 14.3 Å². The first-order chi connectivity index (χ1) is 10.7. The van der Waals surface area contributed by atoms with Crippen LogP contribution < -0.4 is 20.1 Å². The van der Waals surface area contributed by atoms with Gasteiger partial charge < -0.3 is 20.1 Å². The SMILES string of the molecule is CCOc1cccc(C2NC(=O)c3ccccc3N2)c1OC. The Bertz CT molecular complexity index is 700. The molecule has 1 amide bonds. The number of carbonyl (C=O) groups is 1. The standard InChI is InChI=1S/C17H18N2O3/c1-3-22-14-10-6-8-12(15(14)21-2)16-18-13-9-5-4-7-11(13)17(20)19-16/h4-10,16,18H,3H2,1-2H3,(H,19,20). The van der Waals surface area contributed by atoms with Gasteiger partial charge >= 0.3 is 0 Å². The molecule has 114 valence electrons. The predicted octanol–water partition coefficient (Wildman–Crippen LogP) is 2.95.